The van der Waals surface area contributed by atoms with Crippen LogP contribution in [0.15, 0.2) is 53.8 Å². The molecule has 0 radical (unpaired) electrons. The Morgan fingerprint density at radius 1 is 1.03 bits per heavy atom. The summed E-state index contributed by atoms with van der Waals surface area (Å²) in [6.07, 6.45) is -5.05. The van der Waals surface area contributed by atoms with Gasteiger partial charge in [0, 0.05) is 5.92 Å². The van der Waals surface area contributed by atoms with Crippen LogP contribution in [0.3, 0.4) is 0 Å². The second kappa shape index (κ2) is 10.9. The molecule has 0 spiro atoms. The van der Waals surface area contributed by atoms with E-state index >= 15 is 0 Å². The standard InChI is InChI=1S/C24H28O11/c1-31-22(30)15-11-33-23(35-24-20(28)19(27)18(26)16(9-25)34-24)17-13(7-8-14(15)17)10-32-21(29)12-5-3-2-4-6-12/h2-7,11,14,16-20,23-28H,8-10H2,1H3/t14-,16-,17-,18-,19+,20-,23+,24+/m1/s1. The van der Waals surface area contributed by atoms with Crippen LogP contribution in [-0.4, -0.2) is 89.7 Å². The smallest absolute Gasteiger partial charge is 0.338 e. The number of aliphatic hydroxyl groups is 4. The van der Waals surface area contributed by atoms with Crippen LogP contribution in [0.5, 0.6) is 0 Å². The molecule has 0 amide bonds. The SMILES string of the molecule is COC(=O)C1=CO[C@@H](O[C@@H]2O[C@H](CO)[C@@H](O)[C@H](O)[C@H]2O)[C@@H]2C(COC(=O)c3ccccc3)=CC[C@H]12. The van der Waals surface area contributed by atoms with Crippen LogP contribution >= 0.6 is 0 Å². The number of ether oxygens (including phenoxy) is 5. The minimum atomic E-state index is -1.63. The second-order valence-electron chi connectivity index (χ2n) is 8.49. The van der Waals surface area contributed by atoms with E-state index in [0.717, 1.165) is 0 Å². The van der Waals surface area contributed by atoms with Gasteiger partial charge in [-0.05, 0) is 24.1 Å². The maximum Gasteiger partial charge on any atom is 0.338 e. The highest BCUT2D eigenvalue weighted by atomic mass is 16.8. The van der Waals surface area contributed by atoms with E-state index in [0.29, 0.717) is 17.6 Å². The molecule has 0 unspecified atom stereocenters. The summed E-state index contributed by atoms with van der Waals surface area (Å²) in [7, 11) is 1.25. The summed E-state index contributed by atoms with van der Waals surface area (Å²) in [4.78, 5) is 24.7. The number of methoxy groups -OCH3 is 1. The second-order valence-corrected chi connectivity index (χ2v) is 8.49. The molecule has 0 bridgehead atoms. The summed E-state index contributed by atoms with van der Waals surface area (Å²) in [5.74, 6) is -2.13. The van der Waals surface area contributed by atoms with Gasteiger partial charge in [0.05, 0.1) is 37.0 Å². The third-order valence-corrected chi connectivity index (χ3v) is 6.43. The van der Waals surface area contributed by atoms with Crippen molar-refractivity contribution in [3.63, 3.8) is 0 Å². The number of rotatable bonds is 7. The molecule has 1 saturated heterocycles. The van der Waals surface area contributed by atoms with Crippen LogP contribution < -0.4 is 0 Å². The Morgan fingerprint density at radius 2 is 1.77 bits per heavy atom. The lowest BCUT2D eigenvalue weighted by atomic mass is 9.83. The van der Waals surface area contributed by atoms with Gasteiger partial charge in [0.25, 0.3) is 0 Å². The Kier molecular flexibility index (Phi) is 7.85. The zero-order chi connectivity index (χ0) is 25.1. The molecule has 11 nitrogen and oxygen atoms in total. The van der Waals surface area contributed by atoms with Crippen molar-refractivity contribution in [1.29, 1.82) is 0 Å². The molecule has 1 aliphatic carbocycles. The number of hydrogen-bond acceptors (Lipinski definition) is 11. The summed E-state index contributed by atoms with van der Waals surface area (Å²) in [5, 5.41) is 39.9. The number of esters is 2. The maximum absolute atomic E-state index is 12.4. The first kappa shape index (κ1) is 25.3. The van der Waals surface area contributed by atoms with Gasteiger partial charge < -0.3 is 44.1 Å². The molecule has 2 aliphatic heterocycles. The fraction of sp³-hybridized carbons (Fsp3) is 0.500. The van der Waals surface area contributed by atoms with Crippen LogP contribution in [0.2, 0.25) is 0 Å². The average Bonchev–Trinajstić information content (AvgIpc) is 3.32. The fourth-order valence-electron chi connectivity index (χ4n) is 4.52. The van der Waals surface area contributed by atoms with Gasteiger partial charge in [0.15, 0.2) is 6.29 Å². The fourth-order valence-corrected chi connectivity index (χ4v) is 4.52. The molecular formula is C24H28O11. The monoisotopic (exact) mass is 492 g/mol. The Bertz CT molecular complexity index is 973. The largest absolute Gasteiger partial charge is 0.471 e. The molecule has 190 valence electrons. The summed E-state index contributed by atoms with van der Waals surface area (Å²) in [6.45, 7) is -0.712. The Balaban J connectivity index is 1.52. The summed E-state index contributed by atoms with van der Waals surface area (Å²) < 4.78 is 27.3. The Hall–Kier alpha value is -2.80. The molecule has 1 aromatic rings. The zero-order valence-electron chi connectivity index (χ0n) is 18.9. The van der Waals surface area contributed by atoms with Gasteiger partial charge in [0.1, 0.15) is 31.0 Å². The van der Waals surface area contributed by atoms with Crippen molar-refractivity contribution < 1.29 is 53.7 Å². The molecular weight excluding hydrogens is 464 g/mol. The van der Waals surface area contributed by atoms with E-state index in [-0.39, 0.29) is 12.2 Å². The molecule has 1 aromatic carbocycles. The van der Waals surface area contributed by atoms with E-state index in [1.165, 1.54) is 13.4 Å². The molecule has 0 saturated carbocycles. The normalized spacial score (nSPS) is 34.2. The minimum absolute atomic E-state index is 0.0960. The predicted molar refractivity (Wildman–Crippen MR) is 116 cm³/mol. The van der Waals surface area contributed by atoms with Crippen LogP contribution in [0.1, 0.15) is 16.8 Å². The quantitative estimate of drug-likeness (QED) is 0.290. The van der Waals surface area contributed by atoms with Gasteiger partial charge >= 0.3 is 11.9 Å². The van der Waals surface area contributed by atoms with Gasteiger partial charge in [-0.1, -0.05) is 24.3 Å². The van der Waals surface area contributed by atoms with Crippen LogP contribution in [-0.2, 0) is 28.5 Å². The molecule has 3 aliphatic rings. The average molecular weight is 492 g/mol. The van der Waals surface area contributed by atoms with Gasteiger partial charge in [-0.2, -0.15) is 0 Å². The molecule has 4 rings (SSSR count). The Labute approximate surface area is 201 Å². The van der Waals surface area contributed by atoms with Gasteiger partial charge in [-0.25, -0.2) is 9.59 Å². The van der Waals surface area contributed by atoms with Crippen molar-refractivity contribution in [3.05, 3.63) is 59.4 Å². The van der Waals surface area contributed by atoms with Crippen molar-refractivity contribution in [2.45, 2.75) is 43.4 Å². The van der Waals surface area contributed by atoms with E-state index in [9.17, 15) is 30.0 Å². The van der Waals surface area contributed by atoms with E-state index in [4.69, 9.17) is 23.7 Å². The maximum atomic E-state index is 12.4. The van der Waals surface area contributed by atoms with Crippen LogP contribution in [0.4, 0.5) is 0 Å². The molecule has 1 fully saturated rings. The van der Waals surface area contributed by atoms with Crippen molar-refractivity contribution in [1.82, 2.24) is 0 Å². The zero-order valence-corrected chi connectivity index (χ0v) is 18.9. The van der Waals surface area contributed by atoms with Crippen molar-refractivity contribution in [3.8, 4) is 0 Å². The highest BCUT2D eigenvalue weighted by molar-refractivity contribution is 5.90. The number of carbonyl (C=O) groups is 2. The number of hydrogen-bond donors (Lipinski definition) is 4. The topological polar surface area (TPSA) is 161 Å². The molecule has 4 N–H and O–H groups in total. The van der Waals surface area contributed by atoms with E-state index in [2.05, 4.69) is 0 Å². The van der Waals surface area contributed by atoms with E-state index in [1.54, 1.807) is 30.3 Å². The minimum Gasteiger partial charge on any atom is -0.471 e. The van der Waals surface area contributed by atoms with Crippen molar-refractivity contribution >= 4 is 11.9 Å². The molecule has 35 heavy (non-hydrogen) atoms. The predicted octanol–water partition coefficient (Wildman–Crippen LogP) is -0.364. The number of allylic oxidation sites excluding steroid dienone is 1. The highest BCUT2D eigenvalue weighted by Crippen LogP contribution is 2.44. The van der Waals surface area contributed by atoms with E-state index < -0.39 is 67.4 Å². The first-order valence-corrected chi connectivity index (χ1v) is 11.2. The number of aliphatic hydroxyl groups excluding tert-OH is 4. The molecule has 2 heterocycles. The van der Waals surface area contributed by atoms with Gasteiger partial charge in [-0.15, -0.1) is 0 Å². The number of fused-ring (bicyclic) bond motifs is 1. The lowest BCUT2D eigenvalue weighted by Crippen LogP contribution is -2.60. The molecule has 8 atom stereocenters. The summed E-state index contributed by atoms with van der Waals surface area (Å²) in [5.41, 5.74) is 1.28. The summed E-state index contributed by atoms with van der Waals surface area (Å²) >= 11 is 0. The van der Waals surface area contributed by atoms with Gasteiger partial charge in [0.2, 0.25) is 6.29 Å². The Morgan fingerprint density at radius 3 is 2.46 bits per heavy atom. The number of benzene rings is 1. The van der Waals surface area contributed by atoms with Crippen LogP contribution in [0.25, 0.3) is 0 Å². The highest BCUT2D eigenvalue weighted by Gasteiger charge is 2.50. The first-order valence-electron chi connectivity index (χ1n) is 11.2. The third kappa shape index (κ3) is 5.10. The summed E-state index contributed by atoms with van der Waals surface area (Å²) in [6, 6.07) is 8.46. The molecule has 11 heteroatoms. The number of carbonyl (C=O) groups excluding carboxylic acids is 2. The van der Waals surface area contributed by atoms with E-state index in [1.807, 2.05) is 6.08 Å². The lowest BCUT2D eigenvalue weighted by molar-refractivity contribution is -0.339. The first-order chi connectivity index (χ1) is 16.8. The van der Waals surface area contributed by atoms with Crippen LogP contribution in [0, 0.1) is 11.8 Å². The third-order valence-electron chi connectivity index (χ3n) is 6.43. The van der Waals surface area contributed by atoms with Gasteiger partial charge in [-0.3, -0.25) is 0 Å². The van der Waals surface area contributed by atoms with Crippen molar-refractivity contribution in [2.75, 3.05) is 20.3 Å². The lowest BCUT2D eigenvalue weighted by Gasteiger charge is -2.42. The molecule has 0 aromatic heterocycles. The van der Waals surface area contributed by atoms with Crippen molar-refractivity contribution in [2.24, 2.45) is 11.8 Å².